The summed E-state index contributed by atoms with van der Waals surface area (Å²) in [6.45, 7) is 5.47. The molecule has 1 atom stereocenters. The fraction of sp³-hybridized carbons (Fsp3) is 0.278. The van der Waals surface area contributed by atoms with Gasteiger partial charge < -0.3 is 10.1 Å². The van der Waals surface area contributed by atoms with Crippen molar-refractivity contribution in [2.45, 2.75) is 33.3 Å². The number of hydrogen-bond donors (Lipinski definition) is 1. The molecule has 0 aliphatic rings. The third-order valence-electron chi connectivity index (χ3n) is 3.70. The summed E-state index contributed by atoms with van der Waals surface area (Å²) in [7, 11) is 0. The number of nitrogens with one attached hydrogen (secondary N) is 1. The number of amides is 1. The van der Waals surface area contributed by atoms with E-state index in [-0.39, 0.29) is 11.6 Å². The zero-order chi connectivity index (χ0) is 17.7. The maximum Gasteiger partial charge on any atom is 0.271 e. The highest BCUT2D eigenvalue weighted by atomic mass is 16.6. The van der Waals surface area contributed by atoms with Gasteiger partial charge in [-0.1, -0.05) is 25.1 Å². The standard InChI is InChI=1S/C18H20N2O4/c1-4-14-6-9-16(10-7-14)24-13(3)18(21)19-17-11-15(20(22)23)8-5-12(17)2/h5-11,13H,4H2,1-3H3,(H,19,21)/t13-/m0/s1. The summed E-state index contributed by atoms with van der Waals surface area (Å²) in [4.78, 5) is 22.6. The molecule has 0 radical (unpaired) electrons. The predicted molar refractivity (Wildman–Crippen MR) is 92.4 cm³/mol. The van der Waals surface area contributed by atoms with Gasteiger partial charge in [-0.2, -0.15) is 0 Å². The summed E-state index contributed by atoms with van der Waals surface area (Å²) in [5.74, 6) is 0.240. The van der Waals surface area contributed by atoms with Gasteiger partial charge in [0.15, 0.2) is 6.10 Å². The minimum absolute atomic E-state index is 0.0698. The Bertz CT molecular complexity index is 741. The number of nitrogens with zero attached hydrogens (tertiary/aromatic N) is 1. The van der Waals surface area contributed by atoms with Crippen LogP contribution in [-0.2, 0) is 11.2 Å². The number of ether oxygens (including phenoxy) is 1. The van der Waals surface area contributed by atoms with Gasteiger partial charge in [0, 0.05) is 12.1 Å². The molecule has 2 rings (SSSR count). The zero-order valence-corrected chi connectivity index (χ0v) is 13.9. The largest absolute Gasteiger partial charge is 0.481 e. The molecule has 0 bridgehead atoms. The molecule has 1 amide bonds. The molecule has 0 heterocycles. The van der Waals surface area contributed by atoms with Crippen molar-refractivity contribution in [2.75, 3.05) is 5.32 Å². The maximum absolute atomic E-state index is 12.3. The van der Waals surface area contributed by atoms with E-state index < -0.39 is 11.0 Å². The van der Waals surface area contributed by atoms with Crippen molar-refractivity contribution >= 4 is 17.3 Å². The lowest BCUT2D eigenvalue weighted by Gasteiger charge is -2.16. The van der Waals surface area contributed by atoms with Crippen LogP contribution in [0.5, 0.6) is 5.75 Å². The summed E-state index contributed by atoms with van der Waals surface area (Å²) in [5, 5.41) is 13.5. The summed E-state index contributed by atoms with van der Waals surface area (Å²) < 4.78 is 5.62. The van der Waals surface area contributed by atoms with Crippen LogP contribution in [0.15, 0.2) is 42.5 Å². The van der Waals surface area contributed by atoms with E-state index >= 15 is 0 Å². The topological polar surface area (TPSA) is 81.5 Å². The van der Waals surface area contributed by atoms with Crippen LogP contribution >= 0.6 is 0 Å². The van der Waals surface area contributed by atoms with Crippen LogP contribution in [0.4, 0.5) is 11.4 Å². The molecule has 0 spiro atoms. The van der Waals surface area contributed by atoms with Gasteiger partial charge in [0.05, 0.1) is 10.6 Å². The van der Waals surface area contributed by atoms with E-state index in [0.29, 0.717) is 11.4 Å². The van der Waals surface area contributed by atoms with Crippen molar-refractivity contribution in [1.82, 2.24) is 0 Å². The number of anilines is 1. The monoisotopic (exact) mass is 328 g/mol. The molecular weight excluding hydrogens is 308 g/mol. The van der Waals surface area contributed by atoms with Gasteiger partial charge in [0.1, 0.15) is 5.75 Å². The molecule has 0 aromatic heterocycles. The average molecular weight is 328 g/mol. The van der Waals surface area contributed by atoms with E-state index in [1.165, 1.54) is 17.7 Å². The number of benzene rings is 2. The number of aryl methyl sites for hydroxylation is 2. The molecule has 24 heavy (non-hydrogen) atoms. The molecule has 0 saturated carbocycles. The molecule has 1 N–H and O–H groups in total. The first-order chi connectivity index (χ1) is 11.4. The van der Waals surface area contributed by atoms with E-state index in [0.717, 1.165) is 12.0 Å². The molecule has 0 aliphatic heterocycles. The third kappa shape index (κ3) is 4.32. The molecule has 0 saturated heterocycles. The molecule has 2 aromatic carbocycles. The van der Waals surface area contributed by atoms with Crippen LogP contribution in [0.1, 0.15) is 25.0 Å². The Morgan fingerprint density at radius 2 is 1.92 bits per heavy atom. The molecule has 0 fully saturated rings. The van der Waals surface area contributed by atoms with Crippen LogP contribution in [0, 0.1) is 17.0 Å². The molecule has 126 valence electrons. The third-order valence-corrected chi connectivity index (χ3v) is 3.70. The number of carbonyl (C=O) groups excluding carboxylic acids is 1. The average Bonchev–Trinajstić information content (AvgIpc) is 2.57. The smallest absolute Gasteiger partial charge is 0.271 e. The van der Waals surface area contributed by atoms with Crippen LogP contribution in [0.2, 0.25) is 0 Å². The Labute approximate surface area is 140 Å². The van der Waals surface area contributed by atoms with E-state index in [2.05, 4.69) is 12.2 Å². The lowest BCUT2D eigenvalue weighted by atomic mass is 10.1. The van der Waals surface area contributed by atoms with Gasteiger partial charge >= 0.3 is 0 Å². The number of hydrogen-bond acceptors (Lipinski definition) is 4. The number of nitro benzene ring substituents is 1. The Morgan fingerprint density at radius 1 is 1.25 bits per heavy atom. The van der Waals surface area contributed by atoms with Gasteiger partial charge in [0.2, 0.25) is 0 Å². The maximum atomic E-state index is 12.3. The quantitative estimate of drug-likeness (QED) is 0.644. The Hall–Kier alpha value is -2.89. The highest BCUT2D eigenvalue weighted by molar-refractivity contribution is 5.95. The van der Waals surface area contributed by atoms with Crippen LogP contribution < -0.4 is 10.1 Å². The second kappa shape index (κ2) is 7.59. The van der Waals surface area contributed by atoms with E-state index in [1.807, 2.05) is 24.3 Å². The lowest BCUT2D eigenvalue weighted by Crippen LogP contribution is -2.30. The van der Waals surface area contributed by atoms with E-state index in [9.17, 15) is 14.9 Å². The first-order valence-corrected chi connectivity index (χ1v) is 7.72. The van der Waals surface area contributed by atoms with Gasteiger partial charge in [-0.25, -0.2) is 0 Å². The van der Waals surface area contributed by atoms with Crippen molar-refractivity contribution in [2.24, 2.45) is 0 Å². The molecular formula is C18H20N2O4. The van der Waals surface area contributed by atoms with E-state index in [4.69, 9.17) is 4.74 Å². The summed E-state index contributed by atoms with van der Waals surface area (Å²) >= 11 is 0. The Morgan fingerprint density at radius 3 is 2.50 bits per heavy atom. The van der Waals surface area contributed by atoms with E-state index in [1.54, 1.807) is 19.9 Å². The highest BCUT2D eigenvalue weighted by Gasteiger charge is 2.17. The van der Waals surface area contributed by atoms with Gasteiger partial charge in [-0.3, -0.25) is 14.9 Å². The molecule has 0 aliphatic carbocycles. The number of nitro groups is 1. The number of rotatable bonds is 6. The Kier molecular flexibility index (Phi) is 5.52. The van der Waals surface area contributed by atoms with Crippen molar-refractivity contribution in [3.63, 3.8) is 0 Å². The van der Waals surface area contributed by atoms with Gasteiger partial charge in [-0.05, 0) is 43.5 Å². The Balaban J connectivity index is 2.05. The van der Waals surface area contributed by atoms with Crippen molar-refractivity contribution < 1.29 is 14.5 Å². The SMILES string of the molecule is CCc1ccc(O[C@@H](C)C(=O)Nc2cc([N+](=O)[O-])ccc2C)cc1. The molecule has 6 heteroatoms. The normalized spacial score (nSPS) is 11.6. The highest BCUT2D eigenvalue weighted by Crippen LogP contribution is 2.22. The fourth-order valence-corrected chi connectivity index (χ4v) is 2.15. The lowest BCUT2D eigenvalue weighted by molar-refractivity contribution is -0.384. The first-order valence-electron chi connectivity index (χ1n) is 7.72. The number of non-ortho nitro benzene ring substituents is 1. The number of carbonyl (C=O) groups is 1. The summed E-state index contributed by atoms with van der Waals surface area (Å²) in [6.07, 6.45) is 0.207. The predicted octanol–water partition coefficient (Wildman–Crippen LogP) is 3.87. The van der Waals surface area contributed by atoms with Crippen LogP contribution in [0.25, 0.3) is 0 Å². The van der Waals surface area contributed by atoms with Gasteiger partial charge in [-0.15, -0.1) is 0 Å². The summed E-state index contributed by atoms with van der Waals surface area (Å²) in [6, 6.07) is 11.9. The van der Waals surface area contributed by atoms with Crippen molar-refractivity contribution in [3.8, 4) is 5.75 Å². The van der Waals surface area contributed by atoms with Crippen LogP contribution in [0.3, 0.4) is 0 Å². The molecule has 6 nitrogen and oxygen atoms in total. The zero-order valence-electron chi connectivity index (χ0n) is 13.9. The van der Waals surface area contributed by atoms with Crippen molar-refractivity contribution in [3.05, 3.63) is 63.7 Å². The second-order valence-electron chi connectivity index (χ2n) is 5.50. The van der Waals surface area contributed by atoms with Crippen molar-refractivity contribution in [1.29, 1.82) is 0 Å². The van der Waals surface area contributed by atoms with Crippen LogP contribution in [-0.4, -0.2) is 16.9 Å². The molecule has 0 unspecified atom stereocenters. The first kappa shape index (κ1) is 17.5. The fourth-order valence-electron chi connectivity index (χ4n) is 2.15. The minimum atomic E-state index is -0.726. The molecule has 2 aromatic rings. The summed E-state index contributed by atoms with van der Waals surface area (Å²) in [5.41, 5.74) is 2.27. The van der Waals surface area contributed by atoms with Gasteiger partial charge in [0.25, 0.3) is 11.6 Å². The minimum Gasteiger partial charge on any atom is -0.481 e. The second-order valence-corrected chi connectivity index (χ2v) is 5.50.